The molecule has 0 saturated carbocycles. The van der Waals surface area contributed by atoms with E-state index in [9.17, 15) is 19.5 Å². The molecule has 3 amide bonds. The van der Waals surface area contributed by atoms with E-state index < -0.39 is 41.5 Å². The number of nitrogens with one attached hydrogen (secondary N) is 2. The van der Waals surface area contributed by atoms with Crippen LogP contribution in [0.3, 0.4) is 0 Å². The molecule has 3 saturated heterocycles. The fraction of sp³-hybridized carbons (Fsp3) is 0.344. The minimum Gasteiger partial charge on any atom is -0.497 e. The van der Waals surface area contributed by atoms with E-state index in [1.807, 2.05) is 48.5 Å². The van der Waals surface area contributed by atoms with Gasteiger partial charge in [0.05, 0.1) is 37.7 Å². The number of nitrogens with zero attached hydrogens (tertiary/aromatic N) is 1. The summed E-state index contributed by atoms with van der Waals surface area (Å²) in [7, 11) is 1.56. The Bertz CT molecular complexity index is 1420. The first-order valence-electron chi connectivity index (χ1n) is 13.9. The Kier molecular flexibility index (Phi) is 7.23. The second-order valence-electron chi connectivity index (χ2n) is 10.9. The van der Waals surface area contributed by atoms with Gasteiger partial charge in [-0.15, -0.1) is 0 Å². The largest absolute Gasteiger partial charge is 0.497 e. The third kappa shape index (κ3) is 4.75. The molecule has 1 spiro atoms. The molecular weight excluding hydrogens is 522 g/mol. The maximum Gasteiger partial charge on any atom is 0.250 e. The molecule has 3 aliphatic heterocycles. The molecule has 9 nitrogen and oxygen atoms in total. The van der Waals surface area contributed by atoms with Gasteiger partial charge in [-0.05, 0) is 61.2 Å². The zero-order valence-corrected chi connectivity index (χ0v) is 22.7. The third-order valence-corrected chi connectivity index (χ3v) is 8.61. The molecule has 2 bridgehead atoms. The highest BCUT2D eigenvalue weighted by molar-refractivity contribution is 6.05. The Morgan fingerprint density at radius 2 is 1.61 bits per heavy atom. The Hall–Kier alpha value is -4.21. The van der Waals surface area contributed by atoms with E-state index in [0.717, 1.165) is 5.56 Å². The van der Waals surface area contributed by atoms with Crippen molar-refractivity contribution >= 4 is 29.1 Å². The molecule has 212 valence electrons. The summed E-state index contributed by atoms with van der Waals surface area (Å²) < 4.78 is 11.8. The second kappa shape index (κ2) is 11.0. The molecule has 6 rings (SSSR count). The second-order valence-corrected chi connectivity index (χ2v) is 10.9. The van der Waals surface area contributed by atoms with Gasteiger partial charge < -0.3 is 30.1 Å². The fourth-order valence-electron chi connectivity index (χ4n) is 6.85. The Morgan fingerprint density at radius 3 is 2.27 bits per heavy atom. The van der Waals surface area contributed by atoms with Gasteiger partial charge in [-0.1, -0.05) is 48.5 Å². The third-order valence-electron chi connectivity index (χ3n) is 8.61. The van der Waals surface area contributed by atoms with E-state index in [2.05, 4.69) is 10.6 Å². The number of rotatable bonds is 9. The Balaban J connectivity index is 1.36. The molecule has 2 unspecified atom stereocenters. The van der Waals surface area contributed by atoms with E-state index in [1.54, 1.807) is 43.5 Å². The van der Waals surface area contributed by atoms with Gasteiger partial charge in [0.15, 0.2) is 0 Å². The predicted octanol–water partition coefficient (Wildman–Crippen LogP) is 3.25. The molecule has 3 heterocycles. The van der Waals surface area contributed by atoms with Crippen molar-refractivity contribution in [1.82, 2.24) is 4.90 Å². The number of likely N-dealkylation sites (tertiary alicyclic amines) is 1. The fourth-order valence-corrected chi connectivity index (χ4v) is 6.85. The Labute approximate surface area is 238 Å². The molecule has 3 aliphatic rings. The van der Waals surface area contributed by atoms with E-state index in [-0.39, 0.29) is 18.4 Å². The highest BCUT2D eigenvalue weighted by Gasteiger charge is 2.75. The van der Waals surface area contributed by atoms with Crippen molar-refractivity contribution < 1.29 is 29.0 Å². The number of fused-ring (bicyclic) bond motifs is 1. The van der Waals surface area contributed by atoms with Crippen LogP contribution in [0.1, 0.15) is 18.4 Å². The van der Waals surface area contributed by atoms with Crippen LogP contribution in [-0.4, -0.2) is 65.2 Å². The van der Waals surface area contributed by atoms with Crippen LogP contribution in [0.25, 0.3) is 0 Å². The number of anilines is 2. The number of carbonyl (C=O) groups excluding carboxylic acids is 3. The average Bonchev–Trinajstić information content (AvgIpc) is 3.64. The quantitative estimate of drug-likeness (QED) is 0.373. The van der Waals surface area contributed by atoms with Crippen LogP contribution in [0.4, 0.5) is 11.4 Å². The number of hydrogen-bond donors (Lipinski definition) is 3. The smallest absolute Gasteiger partial charge is 0.250 e. The predicted molar refractivity (Wildman–Crippen MR) is 152 cm³/mol. The summed E-state index contributed by atoms with van der Waals surface area (Å²) in [6.45, 7) is -0.347. The van der Waals surface area contributed by atoms with Gasteiger partial charge in [0, 0.05) is 11.4 Å². The maximum absolute atomic E-state index is 14.3. The summed E-state index contributed by atoms with van der Waals surface area (Å²) in [4.78, 5) is 43.5. The van der Waals surface area contributed by atoms with Crippen molar-refractivity contribution in [3.63, 3.8) is 0 Å². The highest BCUT2D eigenvalue weighted by atomic mass is 16.5. The lowest BCUT2D eigenvalue weighted by atomic mass is 9.70. The van der Waals surface area contributed by atoms with Gasteiger partial charge in [0.25, 0.3) is 0 Å². The van der Waals surface area contributed by atoms with Crippen LogP contribution in [0.2, 0.25) is 0 Å². The molecule has 3 aromatic carbocycles. The van der Waals surface area contributed by atoms with Crippen LogP contribution in [0, 0.1) is 11.8 Å². The zero-order valence-electron chi connectivity index (χ0n) is 22.7. The lowest BCUT2D eigenvalue weighted by Gasteiger charge is -2.36. The van der Waals surface area contributed by atoms with Gasteiger partial charge in [0.2, 0.25) is 17.7 Å². The number of ether oxygens (including phenoxy) is 2. The summed E-state index contributed by atoms with van der Waals surface area (Å²) in [5.74, 6) is -2.02. The summed E-state index contributed by atoms with van der Waals surface area (Å²) in [6.07, 6.45) is 0.888. The van der Waals surface area contributed by atoms with Gasteiger partial charge in [-0.2, -0.15) is 0 Å². The summed E-state index contributed by atoms with van der Waals surface area (Å²) in [6, 6.07) is 23.8. The number of carbonyl (C=O) groups is 3. The van der Waals surface area contributed by atoms with Crippen molar-refractivity contribution in [2.75, 3.05) is 24.4 Å². The van der Waals surface area contributed by atoms with Crippen LogP contribution in [-0.2, 0) is 25.5 Å². The average molecular weight is 556 g/mol. The first-order chi connectivity index (χ1) is 19.9. The number of benzene rings is 3. The molecule has 0 radical (unpaired) electrons. The zero-order chi connectivity index (χ0) is 28.6. The molecule has 0 aliphatic carbocycles. The first-order valence-corrected chi connectivity index (χ1v) is 13.9. The normalized spacial score (nSPS) is 26.9. The molecular formula is C32H33N3O6. The lowest BCUT2D eigenvalue weighted by Crippen LogP contribution is -2.56. The van der Waals surface area contributed by atoms with Crippen molar-refractivity contribution in [3.8, 4) is 5.75 Å². The van der Waals surface area contributed by atoms with Gasteiger partial charge in [-0.3, -0.25) is 14.4 Å². The van der Waals surface area contributed by atoms with E-state index in [4.69, 9.17) is 9.47 Å². The van der Waals surface area contributed by atoms with E-state index in [0.29, 0.717) is 36.4 Å². The van der Waals surface area contributed by atoms with E-state index >= 15 is 0 Å². The van der Waals surface area contributed by atoms with Crippen molar-refractivity contribution in [2.24, 2.45) is 11.8 Å². The topological polar surface area (TPSA) is 117 Å². The number of hydrogen-bond acceptors (Lipinski definition) is 6. The van der Waals surface area contributed by atoms with Crippen LogP contribution in [0.5, 0.6) is 5.75 Å². The van der Waals surface area contributed by atoms with Crippen LogP contribution >= 0.6 is 0 Å². The lowest BCUT2D eigenvalue weighted by molar-refractivity contribution is -0.143. The number of para-hydroxylation sites is 1. The van der Waals surface area contributed by atoms with E-state index in [1.165, 1.54) is 4.90 Å². The number of amides is 3. The van der Waals surface area contributed by atoms with Crippen molar-refractivity contribution in [1.29, 1.82) is 0 Å². The van der Waals surface area contributed by atoms with Crippen LogP contribution < -0.4 is 15.4 Å². The number of aliphatic hydroxyl groups is 1. The Morgan fingerprint density at radius 1 is 0.976 bits per heavy atom. The number of aliphatic hydroxyl groups excluding tert-OH is 1. The maximum atomic E-state index is 14.3. The summed E-state index contributed by atoms with van der Waals surface area (Å²) >= 11 is 0. The van der Waals surface area contributed by atoms with Crippen LogP contribution in [0.15, 0.2) is 84.9 Å². The number of methoxy groups -OCH3 is 1. The molecule has 3 aromatic rings. The molecule has 6 atom stereocenters. The monoisotopic (exact) mass is 555 g/mol. The minimum atomic E-state index is -1.18. The van der Waals surface area contributed by atoms with Crippen molar-refractivity contribution in [2.45, 2.75) is 43.1 Å². The van der Waals surface area contributed by atoms with Gasteiger partial charge in [0.1, 0.15) is 17.4 Å². The van der Waals surface area contributed by atoms with Gasteiger partial charge >= 0.3 is 0 Å². The summed E-state index contributed by atoms with van der Waals surface area (Å²) in [5, 5.41) is 16.4. The van der Waals surface area contributed by atoms with Crippen molar-refractivity contribution in [3.05, 3.63) is 90.5 Å². The molecule has 9 heteroatoms. The highest BCUT2D eigenvalue weighted by Crippen LogP contribution is 2.59. The van der Waals surface area contributed by atoms with Gasteiger partial charge in [-0.25, -0.2) is 0 Å². The SMILES string of the molecule is COc1ccc(NC(=O)C2N([C@@H](CO)Cc3ccccc3)C(=O)[C@@H]3[C@@H](C(=O)Nc4ccccc4)[C@H]4CCC23O4)cc1. The molecule has 3 fully saturated rings. The summed E-state index contributed by atoms with van der Waals surface area (Å²) in [5.41, 5.74) is 0.910. The molecule has 41 heavy (non-hydrogen) atoms. The standard InChI is InChI=1S/C32H33N3O6/c1-40-24-14-12-22(13-15-24)34-30(38)28-32-17-16-25(41-32)26(29(37)33-21-10-6-3-7-11-21)27(32)31(39)35(28)23(19-36)18-20-8-4-2-5-9-20/h2-15,23,25-28,36H,16-19H2,1H3,(H,33,37)(H,34,38)/t23-,25-,26+,27+,28?,32?/m1/s1. The minimum absolute atomic E-state index is 0.305. The molecule has 3 N–H and O–H groups in total. The first kappa shape index (κ1) is 27.0. The molecule has 0 aromatic heterocycles.